The van der Waals surface area contributed by atoms with Gasteiger partial charge < -0.3 is 24.3 Å². The van der Waals surface area contributed by atoms with Gasteiger partial charge in [-0.1, -0.05) is 41.8 Å². The number of carbonyl (C=O) groups is 1. The number of nitriles is 1. The fourth-order valence-corrected chi connectivity index (χ4v) is 6.93. The highest BCUT2D eigenvalue weighted by Crippen LogP contribution is 2.46. The van der Waals surface area contributed by atoms with Gasteiger partial charge in [0.25, 0.3) is 5.91 Å². The van der Waals surface area contributed by atoms with Gasteiger partial charge in [0.2, 0.25) is 0 Å². The number of aromatic nitrogens is 2. The molecule has 0 unspecified atom stereocenters. The quantitative estimate of drug-likeness (QED) is 0.344. The molecule has 44 heavy (non-hydrogen) atoms. The summed E-state index contributed by atoms with van der Waals surface area (Å²) in [5, 5.41) is 12.5. The average molecular weight is 612 g/mol. The van der Waals surface area contributed by atoms with E-state index in [1.165, 1.54) is 0 Å². The van der Waals surface area contributed by atoms with Crippen LogP contribution in [0.15, 0.2) is 36.4 Å². The van der Waals surface area contributed by atoms with E-state index in [0.29, 0.717) is 38.8 Å². The number of carbonyl (C=O) groups excluding carboxylic acids is 1. The molecule has 1 saturated heterocycles. The Hall–Kier alpha value is -4.05. The van der Waals surface area contributed by atoms with Crippen molar-refractivity contribution >= 4 is 39.8 Å². The third kappa shape index (κ3) is 6.13. The zero-order valence-electron chi connectivity index (χ0n) is 25.6. The molecule has 6 rings (SSSR count). The number of piperazine rings is 1. The molecule has 2 fully saturated rings. The molecule has 1 aliphatic carbocycles. The molecular weight excluding hydrogens is 574 g/mol. The van der Waals surface area contributed by atoms with Crippen LogP contribution in [-0.4, -0.2) is 85.1 Å². The van der Waals surface area contributed by atoms with E-state index in [0.717, 1.165) is 70.9 Å². The Morgan fingerprint density at radius 1 is 1.14 bits per heavy atom. The molecule has 228 valence electrons. The molecule has 0 bridgehead atoms. The Labute approximate surface area is 264 Å². The zero-order chi connectivity index (χ0) is 30.8. The summed E-state index contributed by atoms with van der Waals surface area (Å²) < 4.78 is 6.38. The molecule has 9 nitrogen and oxygen atoms in total. The van der Waals surface area contributed by atoms with E-state index in [1.54, 1.807) is 11.8 Å². The molecule has 10 heteroatoms. The normalized spacial score (nSPS) is 18.8. The van der Waals surface area contributed by atoms with Crippen molar-refractivity contribution in [2.75, 3.05) is 63.2 Å². The van der Waals surface area contributed by atoms with Crippen LogP contribution in [-0.2, 0) is 17.8 Å². The van der Waals surface area contributed by atoms with Gasteiger partial charge in [0.15, 0.2) is 0 Å². The van der Waals surface area contributed by atoms with Crippen molar-refractivity contribution in [2.24, 2.45) is 5.41 Å². The van der Waals surface area contributed by atoms with Crippen molar-refractivity contribution in [2.45, 2.75) is 45.2 Å². The molecule has 2 aromatic carbocycles. The van der Waals surface area contributed by atoms with Gasteiger partial charge in [-0.05, 0) is 63.7 Å². The SMILES string of the molecule is CC#CC(=O)N1CCN(c2nc(OCC3(CN(C)C)CC3)nc3c2CCN(c2cccc4cccc(Cl)c24)C3)C[C@@H]1CC#N. The van der Waals surface area contributed by atoms with E-state index in [-0.39, 0.29) is 23.8 Å². The van der Waals surface area contributed by atoms with E-state index < -0.39 is 0 Å². The average Bonchev–Trinajstić information content (AvgIpc) is 3.78. The van der Waals surface area contributed by atoms with E-state index in [4.69, 9.17) is 26.3 Å². The van der Waals surface area contributed by atoms with Crippen LogP contribution in [0.5, 0.6) is 6.01 Å². The Kier molecular flexibility index (Phi) is 8.53. The van der Waals surface area contributed by atoms with E-state index in [9.17, 15) is 10.1 Å². The Morgan fingerprint density at radius 2 is 1.93 bits per heavy atom. The second-order valence-corrected chi connectivity index (χ2v) is 12.8. The smallest absolute Gasteiger partial charge is 0.318 e. The third-order valence-corrected chi connectivity index (χ3v) is 9.23. The lowest BCUT2D eigenvalue weighted by Gasteiger charge is -2.41. The van der Waals surface area contributed by atoms with Gasteiger partial charge in [0.1, 0.15) is 5.82 Å². The Bertz CT molecular complexity index is 1660. The fraction of sp³-hybridized carbons (Fsp3) is 0.471. The summed E-state index contributed by atoms with van der Waals surface area (Å²) in [4.78, 5) is 31.2. The summed E-state index contributed by atoms with van der Waals surface area (Å²) in [6, 6.07) is 14.7. The first-order valence-electron chi connectivity index (χ1n) is 15.3. The van der Waals surface area contributed by atoms with Crippen LogP contribution in [0.3, 0.4) is 0 Å². The van der Waals surface area contributed by atoms with Gasteiger partial charge in [0.05, 0.1) is 42.4 Å². The molecule has 3 heterocycles. The minimum atomic E-state index is -0.273. The maximum absolute atomic E-state index is 12.7. The molecule has 3 aliphatic rings. The predicted molar refractivity (Wildman–Crippen MR) is 173 cm³/mol. The van der Waals surface area contributed by atoms with Gasteiger partial charge in [-0.3, -0.25) is 4.79 Å². The van der Waals surface area contributed by atoms with Crippen molar-refractivity contribution < 1.29 is 9.53 Å². The Balaban J connectivity index is 1.34. The maximum atomic E-state index is 12.7. The first-order valence-corrected chi connectivity index (χ1v) is 15.6. The van der Waals surface area contributed by atoms with E-state index >= 15 is 0 Å². The van der Waals surface area contributed by atoms with Crippen LogP contribution in [0.1, 0.15) is 37.4 Å². The Morgan fingerprint density at radius 3 is 2.66 bits per heavy atom. The number of nitrogens with zero attached hydrogens (tertiary/aromatic N) is 7. The van der Waals surface area contributed by atoms with E-state index in [2.05, 4.69) is 71.0 Å². The first kappa shape index (κ1) is 30.0. The summed E-state index contributed by atoms with van der Waals surface area (Å²) in [6.45, 7) is 6.14. The van der Waals surface area contributed by atoms with Crippen LogP contribution in [0, 0.1) is 28.6 Å². The second kappa shape index (κ2) is 12.5. The second-order valence-electron chi connectivity index (χ2n) is 12.4. The summed E-state index contributed by atoms with van der Waals surface area (Å²) in [7, 11) is 4.19. The molecule has 3 aromatic rings. The van der Waals surface area contributed by atoms with Crippen LogP contribution in [0.2, 0.25) is 5.02 Å². The van der Waals surface area contributed by atoms with Gasteiger partial charge >= 0.3 is 6.01 Å². The number of anilines is 2. The summed E-state index contributed by atoms with van der Waals surface area (Å²) in [6.07, 6.45) is 3.24. The number of benzene rings is 2. The molecule has 0 N–H and O–H groups in total. The number of halogens is 1. The monoisotopic (exact) mass is 611 g/mol. The number of rotatable bonds is 8. The number of hydrogen-bond acceptors (Lipinski definition) is 8. The van der Waals surface area contributed by atoms with Crippen molar-refractivity contribution in [3.05, 3.63) is 52.7 Å². The van der Waals surface area contributed by atoms with E-state index in [1.807, 2.05) is 12.1 Å². The van der Waals surface area contributed by atoms with Crippen LogP contribution >= 0.6 is 11.6 Å². The molecule has 1 atom stereocenters. The lowest BCUT2D eigenvalue weighted by Crippen LogP contribution is -2.55. The van der Waals surface area contributed by atoms with Gasteiger partial charge in [0, 0.05) is 54.8 Å². The summed E-state index contributed by atoms with van der Waals surface area (Å²) in [5.41, 5.74) is 3.25. The highest BCUT2D eigenvalue weighted by molar-refractivity contribution is 6.36. The summed E-state index contributed by atoms with van der Waals surface area (Å²) in [5.74, 6) is 5.96. The van der Waals surface area contributed by atoms with Crippen molar-refractivity contribution in [1.82, 2.24) is 19.8 Å². The molecular formula is C34H38ClN7O2. The van der Waals surface area contributed by atoms with Crippen LogP contribution in [0.25, 0.3) is 10.8 Å². The van der Waals surface area contributed by atoms with Crippen LogP contribution < -0.4 is 14.5 Å². The van der Waals surface area contributed by atoms with Gasteiger partial charge in [-0.25, -0.2) is 0 Å². The predicted octanol–water partition coefficient (Wildman–Crippen LogP) is 4.52. The molecule has 2 aliphatic heterocycles. The standard InChI is InChI=1S/C34H38ClN7O2/c1-4-7-30(43)42-19-18-41(20-25(42)12-16-36)32-26-13-17-40(29-11-6-9-24-8-5-10-27(35)31(24)29)21-28(26)37-33(38-32)44-23-34(14-15-34)22-39(2)3/h5-6,8-11,25H,12-15,17-23H2,1-3H3/t25-/m0/s1. The maximum Gasteiger partial charge on any atom is 0.318 e. The number of hydrogen-bond donors (Lipinski definition) is 0. The minimum absolute atomic E-state index is 0.138. The molecule has 1 saturated carbocycles. The zero-order valence-corrected chi connectivity index (χ0v) is 26.4. The largest absolute Gasteiger partial charge is 0.463 e. The third-order valence-electron chi connectivity index (χ3n) is 8.91. The lowest BCUT2D eigenvalue weighted by molar-refractivity contribution is -0.127. The van der Waals surface area contributed by atoms with Gasteiger partial charge in [-0.2, -0.15) is 15.2 Å². The summed E-state index contributed by atoms with van der Waals surface area (Å²) >= 11 is 6.71. The minimum Gasteiger partial charge on any atom is -0.463 e. The molecule has 1 aromatic heterocycles. The van der Waals surface area contributed by atoms with Crippen molar-refractivity contribution in [3.8, 4) is 23.9 Å². The fourth-order valence-electron chi connectivity index (χ4n) is 6.65. The molecule has 0 spiro atoms. The van der Waals surface area contributed by atoms with Crippen molar-refractivity contribution in [3.63, 3.8) is 0 Å². The number of ether oxygens (including phenoxy) is 1. The molecule has 0 radical (unpaired) electrons. The van der Waals surface area contributed by atoms with Crippen molar-refractivity contribution in [1.29, 1.82) is 5.26 Å². The lowest BCUT2D eigenvalue weighted by atomic mass is 10.0. The highest BCUT2D eigenvalue weighted by atomic mass is 35.5. The first-order chi connectivity index (χ1) is 21.3. The van der Waals surface area contributed by atoms with Crippen LogP contribution in [0.4, 0.5) is 11.5 Å². The number of fused-ring (bicyclic) bond motifs is 2. The highest BCUT2D eigenvalue weighted by Gasteiger charge is 2.44. The number of amides is 1. The van der Waals surface area contributed by atoms with Gasteiger partial charge in [-0.15, -0.1) is 0 Å². The molecule has 1 amide bonds. The topological polar surface area (TPSA) is 88.8 Å².